The van der Waals surface area contributed by atoms with Gasteiger partial charge in [-0.1, -0.05) is 15.9 Å². The monoisotopic (exact) mass is 467 g/mol. The zero-order valence-corrected chi connectivity index (χ0v) is 18.3. The second-order valence-electron chi connectivity index (χ2n) is 7.67. The van der Waals surface area contributed by atoms with Crippen LogP contribution in [-0.2, 0) is 9.59 Å². The van der Waals surface area contributed by atoms with Crippen LogP contribution >= 0.6 is 15.9 Å². The predicted octanol–water partition coefficient (Wildman–Crippen LogP) is 2.73. The number of hydrogen-bond donors (Lipinski definition) is 0. The number of anilines is 2. The third-order valence-electron chi connectivity index (χ3n) is 5.72. The van der Waals surface area contributed by atoms with Gasteiger partial charge in [-0.2, -0.15) is 5.26 Å². The second kappa shape index (κ2) is 8.44. The summed E-state index contributed by atoms with van der Waals surface area (Å²) in [5, 5.41) is 9.07. The van der Waals surface area contributed by atoms with Crippen molar-refractivity contribution in [2.45, 2.75) is 13.3 Å². The molecular weight excluding hydrogens is 446 g/mol. The SMILES string of the molecule is Cc1cc(N2CC(C(=O)N3CCN(c4cc(C#N)ccn4)CC3)CC2=O)ccc1Br. The van der Waals surface area contributed by atoms with Crippen LogP contribution in [0.3, 0.4) is 0 Å². The fourth-order valence-electron chi connectivity index (χ4n) is 3.99. The van der Waals surface area contributed by atoms with E-state index in [2.05, 4.69) is 31.9 Å². The summed E-state index contributed by atoms with van der Waals surface area (Å²) in [6, 6.07) is 11.4. The Bertz CT molecular complexity index is 1030. The number of benzene rings is 1. The second-order valence-corrected chi connectivity index (χ2v) is 8.52. The van der Waals surface area contributed by atoms with Crippen molar-refractivity contribution < 1.29 is 9.59 Å². The molecule has 7 nitrogen and oxygen atoms in total. The zero-order valence-electron chi connectivity index (χ0n) is 16.7. The molecule has 1 aromatic carbocycles. The highest BCUT2D eigenvalue weighted by molar-refractivity contribution is 9.10. The van der Waals surface area contributed by atoms with Crippen molar-refractivity contribution >= 4 is 39.2 Å². The van der Waals surface area contributed by atoms with E-state index in [4.69, 9.17) is 5.26 Å². The van der Waals surface area contributed by atoms with Gasteiger partial charge in [0.25, 0.3) is 0 Å². The largest absolute Gasteiger partial charge is 0.353 e. The number of carbonyl (C=O) groups is 2. The van der Waals surface area contributed by atoms with E-state index in [0.29, 0.717) is 38.3 Å². The van der Waals surface area contributed by atoms with Crippen LogP contribution in [0.4, 0.5) is 11.5 Å². The average Bonchev–Trinajstić information content (AvgIpc) is 3.17. The van der Waals surface area contributed by atoms with Crippen LogP contribution in [0.15, 0.2) is 41.0 Å². The van der Waals surface area contributed by atoms with Crippen molar-refractivity contribution in [1.82, 2.24) is 9.88 Å². The van der Waals surface area contributed by atoms with Crippen molar-refractivity contribution in [1.29, 1.82) is 5.26 Å². The van der Waals surface area contributed by atoms with E-state index in [1.54, 1.807) is 23.2 Å². The molecule has 2 saturated heterocycles. The normalized spacial score (nSPS) is 19.2. The number of halogens is 1. The van der Waals surface area contributed by atoms with E-state index in [9.17, 15) is 9.59 Å². The smallest absolute Gasteiger partial charge is 0.228 e. The number of aromatic nitrogens is 1. The van der Waals surface area contributed by atoms with Gasteiger partial charge in [-0.05, 0) is 42.8 Å². The summed E-state index contributed by atoms with van der Waals surface area (Å²) in [6.45, 7) is 4.88. The fraction of sp³-hybridized carbons (Fsp3) is 0.364. The van der Waals surface area contributed by atoms with Gasteiger partial charge in [-0.3, -0.25) is 9.59 Å². The van der Waals surface area contributed by atoms with Gasteiger partial charge >= 0.3 is 0 Å². The molecule has 8 heteroatoms. The minimum absolute atomic E-state index is 0.00812. The number of rotatable bonds is 3. The Balaban J connectivity index is 1.38. The van der Waals surface area contributed by atoms with Crippen LogP contribution in [0.2, 0.25) is 0 Å². The van der Waals surface area contributed by atoms with Crippen molar-refractivity contribution in [2.24, 2.45) is 5.92 Å². The summed E-state index contributed by atoms with van der Waals surface area (Å²) in [5.74, 6) is 0.478. The van der Waals surface area contributed by atoms with Gasteiger partial charge in [0.05, 0.1) is 17.6 Å². The quantitative estimate of drug-likeness (QED) is 0.692. The molecule has 0 N–H and O–H groups in total. The molecule has 2 aliphatic rings. The van der Waals surface area contributed by atoms with Crippen LogP contribution in [0.25, 0.3) is 0 Å². The summed E-state index contributed by atoms with van der Waals surface area (Å²) in [6.07, 6.45) is 1.88. The number of nitriles is 1. The minimum atomic E-state index is -0.312. The van der Waals surface area contributed by atoms with Gasteiger partial charge < -0.3 is 14.7 Å². The Hall–Kier alpha value is -2.92. The Morgan fingerprint density at radius 3 is 2.67 bits per heavy atom. The van der Waals surface area contributed by atoms with Gasteiger partial charge in [-0.15, -0.1) is 0 Å². The molecule has 0 radical (unpaired) electrons. The highest BCUT2D eigenvalue weighted by Crippen LogP contribution is 2.29. The number of piperazine rings is 1. The lowest BCUT2D eigenvalue weighted by Crippen LogP contribution is -2.51. The molecule has 2 aromatic rings. The molecule has 0 spiro atoms. The molecule has 30 heavy (non-hydrogen) atoms. The Kier molecular flexibility index (Phi) is 5.73. The number of carbonyl (C=O) groups excluding carboxylic acids is 2. The first-order valence-corrected chi connectivity index (χ1v) is 10.7. The Labute approximate surface area is 184 Å². The van der Waals surface area contributed by atoms with Gasteiger partial charge in [0, 0.05) is 55.5 Å². The first-order valence-electron chi connectivity index (χ1n) is 9.92. The average molecular weight is 468 g/mol. The zero-order chi connectivity index (χ0) is 21.3. The van der Waals surface area contributed by atoms with Crippen LogP contribution in [0.5, 0.6) is 0 Å². The summed E-state index contributed by atoms with van der Waals surface area (Å²) in [7, 11) is 0. The van der Waals surface area contributed by atoms with E-state index in [-0.39, 0.29) is 24.2 Å². The van der Waals surface area contributed by atoms with Crippen molar-refractivity contribution in [3.63, 3.8) is 0 Å². The molecule has 2 aliphatic heterocycles. The van der Waals surface area contributed by atoms with Crippen LogP contribution < -0.4 is 9.80 Å². The first-order chi connectivity index (χ1) is 14.5. The molecule has 4 rings (SSSR count). The topological polar surface area (TPSA) is 80.5 Å². The van der Waals surface area contributed by atoms with Gasteiger partial charge in [0.2, 0.25) is 11.8 Å². The third kappa shape index (κ3) is 4.03. The molecule has 154 valence electrons. The Morgan fingerprint density at radius 2 is 1.97 bits per heavy atom. The van der Waals surface area contributed by atoms with Gasteiger partial charge in [-0.25, -0.2) is 4.98 Å². The molecule has 1 aromatic heterocycles. The molecule has 0 bridgehead atoms. The summed E-state index contributed by atoms with van der Waals surface area (Å²) >= 11 is 3.48. The highest BCUT2D eigenvalue weighted by Gasteiger charge is 2.38. The molecule has 1 atom stereocenters. The summed E-state index contributed by atoms with van der Waals surface area (Å²) in [4.78, 5) is 35.6. The van der Waals surface area contributed by atoms with Crippen LogP contribution in [0, 0.1) is 24.2 Å². The van der Waals surface area contributed by atoms with Gasteiger partial charge in [0.15, 0.2) is 0 Å². The minimum Gasteiger partial charge on any atom is -0.353 e. The molecular formula is C22H22BrN5O2. The molecule has 2 fully saturated rings. The van der Waals surface area contributed by atoms with Crippen LogP contribution in [-0.4, -0.2) is 54.4 Å². The summed E-state index contributed by atoms with van der Waals surface area (Å²) < 4.78 is 0.998. The number of nitrogens with zero attached hydrogens (tertiary/aromatic N) is 5. The van der Waals surface area contributed by atoms with Crippen molar-refractivity contribution in [2.75, 3.05) is 42.5 Å². The highest BCUT2D eigenvalue weighted by atomic mass is 79.9. The first kappa shape index (κ1) is 20.4. The molecule has 0 saturated carbocycles. The maximum Gasteiger partial charge on any atom is 0.228 e. The van der Waals surface area contributed by atoms with Gasteiger partial charge in [0.1, 0.15) is 5.82 Å². The molecule has 0 aliphatic carbocycles. The molecule has 3 heterocycles. The van der Waals surface area contributed by atoms with E-state index in [0.717, 1.165) is 21.5 Å². The lowest BCUT2D eigenvalue weighted by atomic mass is 10.1. The predicted molar refractivity (Wildman–Crippen MR) is 117 cm³/mol. The molecule has 1 unspecified atom stereocenters. The Morgan fingerprint density at radius 1 is 1.20 bits per heavy atom. The number of hydrogen-bond acceptors (Lipinski definition) is 5. The lowest BCUT2D eigenvalue weighted by Gasteiger charge is -2.36. The number of aryl methyl sites for hydroxylation is 1. The van der Waals surface area contributed by atoms with E-state index < -0.39 is 0 Å². The van der Waals surface area contributed by atoms with Crippen molar-refractivity contribution in [3.05, 3.63) is 52.1 Å². The number of amides is 2. The third-order valence-corrected chi connectivity index (χ3v) is 6.61. The lowest BCUT2D eigenvalue weighted by molar-refractivity contribution is -0.136. The van der Waals surface area contributed by atoms with Crippen LogP contribution in [0.1, 0.15) is 17.5 Å². The standard InChI is InChI=1S/C22H22BrN5O2/c1-15-10-18(2-3-19(15)23)28-14-17(12-21(28)29)22(30)27-8-6-26(7-9-27)20-11-16(13-24)4-5-25-20/h2-5,10-11,17H,6-9,12,14H2,1H3. The maximum absolute atomic E-state index is 13.0. The maximum atomic E-state index is 13.0. The van der Waals surface area contributed by atoms with Crippen molar-refractivity contribution in [3.8, 4) is 6.07 Å². The molecule has 2 amide bonds. The summed E-state index contributed by atoms with van der Waals surface area (Å²) in [5.41, 5.74) is 2.47. The number of pyridine rings is 1. The van der Waals surface area contributed by atoms with E-state index in [1.807, 2.05) is 30.0 Å². The van der Waals surface area contributed by atoms with E-state index >= 15 is 0 Å². The van der Waals surface area contributed by atoms with E-state index in [1.165, 1.54) is 0 Å². The fourth-order valence-corrected chi connectivity index (χ4v) is 4.24.